The second-order valence-electron chi connectivity index (χ2n) is 3.68. The van der Waals surface area contributed by atoms with Crippen molar-refractivity contribution in [2.24, 2.45) is 0 Å². The number of carboxylic acid groups (broad SMARTS) is 1. The summed E-state index contributed by atoms with van der Waals surface area (Å²) >= 11 is 1.46. The molecule has 0 bridgehead atoms. The number of aromatic nitrogens is 1. The van der Waals surface area contributed by atoms with Gasteiger partial charge in [-0.05, 0) is 37.3 Å². The first-order valence-corrected chi connectivity index (χ1v) is 6.61. The lowest BCUT2D eigenvalue weighted by Crippen LogP contribution is -1.95. The largest absolute Gasteiger partial charge is 0.478 e. The molecular formula is C14H13NO3S. The number of rotatable bonds is 5. The number of hydrogen-bond donors (Lipinski definition) is 1. The van der Waals surface area contributed by atoms with Gasteiger partial charge in [0.1, 0.15) is 5.03 Å². The summed E-state index contributed by atoms with van der Waals surface area (Å²) in [5.74, 6) is -0.331. The van der Waals surface area contributed by atoms with E-state index in [-0.39, 0.29) is 5.56 Å². The van der Waals surface area contributed by atoms with E-state index in [1.165, 1.54) is 11.8 Å². The summed E-state index contributed by atoms with van der Waals surface area (Å²) in [6, 6.07) is 12.3. The Morgan fingerprint density at radius 3 is 2.63 bits per heavy atom. The summed E-state index contributed by atoms with van der Waals surface area (Å²) in [5, 5.41) is 9.64. The molecule has 2 rings (SSSR count). The zero-order chi connectivity index (χ0) is 13.7. The molecule has 0 atom stereocenters. The monoisotopic (exact) mass is 275 g/mol. The molecule has 0 fully saturated rings. The van der Waals surface area contributed by atoms with E-state index in [9.17, 15) is 4.79 Å². The SMILES string of the molecule is CCOc1cccc(Sc2ccc(C(=O)O)cc2)n1. The highest BCUT2D eigenvalue weighted by atomic mass is 32.2. The molecule has 98 valence electrons. The van der Waals surface area contributed by atoms with Gasteiger partial charge in [0.25, 0.3) is 0 Å². The van der Waals surface area contributed by atoms with Crippen molar-refractivity contribution in [3.63, 3.8) is 0 Å². The van der Waals surface area contributed by atoms with Crippen LogP contribution in [-0.4, -0.2) is 22.7 Å². The third kappa shape index (κ3) is 3.72. The zero-order valence-corrected chi connectivity index (χ0v) is 11.2. The number of ether oxygens (including phenoxy) is 1. The van der Waals surface area contributed by atoms with Gasteiger partial charge in [-0.25, -0.2) is 9.78 Å². The van der Waals surface area contributed by atoms with Crippen LogP contribution in [0.5, 0.6) is 5.88 Å². The van der Waals surface area contributed by atoms with Gasteiger partial charge in [-0.3, -0.25) is 0 Å². The molecule has 0 aliphatic heterocycles. The van der Waals surface area contributed by atoms with Crippen molar-refractivity contribution in [1.29, 1.82) is 0 Å². The van der Waals surface area contributed by atoms with E-state index in [2.05, 4.69) is 4.98 Å². The Labute approximate surface area is 115 Å². The summed E-state index contributed by atoms with van der Waals surface area (Å²) in [6.07, 6.45) is 0. The van der Waals surface area contributed by atoms with E-state index in [1.54, 1.807) is 30.3 Å². The van der Waals surface area contributed by atoms with E-state index in [0.717, 1.165) is 9.92 Å². The van der Waals surface area contributed by atoms with Crippen LogP contribution in [0.2, 0.25) is 0 Å². The minimum Gasteiger partial charge on any atom is -0.478 e. The first kappa shape index (κ1) is 13.4. The molecule has 1 aromatic heterocycles. The highest BCUT2D eigenvalue weighted by molar-refractivity contribution is 7.99. The summed E-state index contributed by atoms with van der Waals surface area (Å²) in [6.45, 7) is 2.49. The Bertz CT molecular complexity index is 569. The van der Waals surface area contributed by atoms with Crippen LogP contribution in [0.1, 0.15) is 17.3 Å². The lowest BCUT2D eigenvalue weighted by molar-refractivity contribution is 0.0697. The highest BCUT2D eigenvalue weighted by Crippen LogP contribution is 2.27. The Morgan fingerprint density at radius 2 is 2.00 bits per heavy atom. The number of hydrogen-bond acceptors (Lipinski definition) is 4. The topological polar surface area (TPSA) is 59.4 Å². The van der Waals surface area contributed by atoms with Crippen LogP contribution in [0.4, 0.5) is 0 Å². The fourth-order valence-electron chi connectivity index (χ4n) is 1.47. The number of carbonyl (C=O) groups is 1. The van der Waals surface area contributed by atoms with Crippen LogP contribution in [0, 0.1) is 0 Å². The third-order valence-corrected chi connectivity index (χ3v) is 3.26. The van der Waals surface area contributed by atoms with Gasteiger partial charge in [0.2, 0.25) is 5.88 Å². The maximum absolute atomic E-state index is 10.8. The fraction of sp³-hybridized carbons (Fsp3) is 0.143. The lowest BCUT2D eigenvalue weighted by Gasteiger charge is -2.05. The minimum atomic E-state index is -0.923. The molecule has 2 aromatic rings. The molecule has 0 saturated carbocycles. The number of benzene rings is 1. The summed E-state index contributed by atoms with van der Waals surface area (Å²) < 4.78 is 5.33. The molecule has 5 heteroatoms. The van der Waals surface area contributed by atoms with Crippen molar-refractivity contribution in [2.45, 2.75) is 16.8 Å². The van der Waals surface area contributed by atoms with Crippen molar-refractivity contribution < 1.29 is 14.6 Å². The predicted molar refractivity (Wildman–Crippen MR) is 72.9 cm³/mol. The standard InChI is InChI=1S/C14H13NO3S/c1-2-18-12-4-3-5-13(15-12)19-11-8-6-10(7-9-11)14(16)17/h3-9H,2H2,1H3,(H,16,17). The molecule has 0 spiro atoms. The smallest absolute Gasteiger partial charge is 0.335 e. The minimum absolute atomic E-state index is 0.278. The van der Waals surface area contributed by atoms with E-state index in [0.29, 0.717) is 12.5 Å². The highest BCUT2D eigenvalue weighted by Gasteiger charge is 2.04. The van der Waals surface area contributed by atoms with Crippen molar-refractivity contribution in [1.82, 2.24) is 4.98 Å². The van der Waals surface area contributed by atoms with Gasteiger partial charge >= 0.3 is 5.97 Å². The first-order valence-electron chi connectivity index (χ1n) is 5.80. The number of nitrogens with zero attached hydrogens (tertiary/aromatic N) is 1. The quantitative estimate of drug-likeness (QED) is 0.907. The van der Waals surface area contributed by atoms with Gasteiger partial charge in [-0.15, -0.1) is 0 Å². The summed E-state index contributed by atoms with van der Waals surface area (Å²) in [4.78, 5) is 16.0. The maximum Gasteiger partial charge on any atom is 0.335 e. The molecule has 4 nitrogen and oxygen atoms in total. The van der Waals surface area contributed by atoms with Crippen LogP contribution in [-0.2, 0) is 0 Å². The van der Waals surface area contributed by atoms with Crippen LogP contribution in [0.15, 0.2) is 52.4 Å². The van der Waals surface area contributed by atoms with E-state index in [4.69, 9.17) is 9.84 Å². The van der Waals surface area contributed by atoms with Gasteiger partial charge < -0.3 is 9.84 Å². The molecule has 0 amide bonds. The van der Waals surface area contributed by atoms with E-state index < -0.39 is 5.97 Å². The van der Waals surface area contributed by atoms with Crippen LogP contribution in [0.3, 0.4) is 0 Å². The molecule has 0 saturated heterocycles. The normalized spacial score (nSPS) is 10.2. The molecule has 1 heterocycles. The van der Waals surface area contributed by atoms with Gasteiger partial charge in [-0.2, -0.15) is 0 Å². The van der Waals surface area contributed by atoms with Gasteiger partial charge in [0.15, 0.2) is 0 Å². The van der Waals surface area contributed by atoms with Crippen LogP contribution < -0.4 is 4.74 Å². The average Bonchev–Trinajstić information content (AvgIpc) is 2.40. The first-order chi connectivity index (χ1) is 9.19. The Balaban J connectivity index is 2.12. The molecule has 0 unspecified atom stereocenters. The van der Waals surface area contributed by atoms with Crippen LogP contribution in [0.25, 0.3) is 0 Å². The maximum atomic E-state index is 10.8. The number of aromatic carboxylic acids is 1. The molecule has 1 aromatic carbocycles. The van der Waals surface area contributed by atoms with Crippen molar-refractivity contribution >= 4 is 17.7 Å². The zero-order valence-electron chi connectivity index (χ0n) is 10.4. The Morgan fingerprint density at radius 1 is 1.26 bits per heavy atom. The van der Waals surface area contributed by atoms with Crippen LogP contribution >= 0.6 is 11.8 Å². The third-order valence-electron chi connectivity index (χ3n) is 2.31. The molecule has 0 aliphatic rings. The predicted octanol–water partition coefficient (Wildman–Crippen LogP) is 3.33. The van der Waals surface area contributed by atoms with Crippen molar-refractivity contribution in [2.75, 3.05) is 6.61 Å². The molecule has 19 heavy (non-hydrogen) atoms. The number of carboxylic acids is 1. The molecule has 1 N–H and O–H groups in total. The average molecular weight is 275 g/mol. The Hall–Kier alpha value is -2.01. The van der Waals surface area contributed by atoms with Gasteiger partial charge in [0, 0.05) is 11.0 Å². The molecule has 0 aliphatic carbocycles. The van der Waals surface area contributed by atoms with E-state index in [1.807, 2.05) is 19.1 Å². The second kappa shape index (κ2) is 6.24. The summed E-state index contributed by atoms with van der Waals surface area (Å²) in [7, 11) is 0. The Kier molecular flexibility index (Phi) is 4.41. The number of pyridine rings is 1. The van der Waals surface area contributed by atoms with Crippen molar-refractivity contribution in [3.8, 4) is 5.88 Å². The van der Waals surface area contributed by atoms with Gasteiger partial charge in [0.05, 0.1) is 12.2 Å². The van der Waals surface area contributed by atoms with Gasteiger partial charge in [-0.1, -0.05) is 17.8 Å². The fourth-order valence-corrected chi connectivity index (χ4v) is 2.26. The van der Waals surface area contributed by atoms with E-state index >= 15 is 0 Å². The second-order valence-corrected chi connectivity index (χ2v) is 4.77. The molecule has 0 radical (unpaired) electrons. The summed E-state index contributed by atoms with van der Waals surface area (Å²) in [5.41, 5.74) is 0.278. The lowest BCUT2D eigenvalue weighted by atomic mass is 10.2. The van der Waals surface area contributed by atoms with Crippen molar-refractivity contribution in [3.05, 3.63) is 48.0 Å². The molecular weight excluding hydrogens is 262 g/mol.